The summed E-state index contributed by atoms with van der Waals surface area (Å²) >= 11 is 0. The summed E-state index contributed by atoms with van der Waals surface area (Å²) in [5, 5.41) is 8.91. The minimum atomic E-state index is -0.831. The van der Waals surface area contributed by atoms with Crippen LogP contribution in [0.25, 0.3) is 0 Å². The quantitative estimate of drug-likeness (QED) is 0.687. The molecular formula is C10H18N2O3. The number of carbonyl (C=O) groups excluding carboxylic acids is 1. The average molecular weight is 214 g/mol. The van der Waals surface area contributed by atoms with Gasteiger partial charge in [-0.3, -0.25) is 9.59 Å². The van der Waals surface area contributed by atoms with Gasteiger partial charge in [0, 0.05) is 13.1 Å². The third-order valence-electron chi connectivity index (χ3n) is 3.00. The number of amides is 1. The van der Waals surface area contributed by atoms with Gasteiger partial charge in [-0.2, -0.15) is 0 Å². The maximum atomic E-state index is 11.7. The van der Waals surface area contributed by atoms with Crippen molar-refractivity contribution in [3.8, 4) is 0 Å². The molecule has 3 N–H and O–H groups in total. The van der Waals surface area contributed by atoms with Crippen LogP contribution in [0.15, 0.2) is 0 Å². The van der Waals surface area contributed by atoms with E-state index >= 15 is 0 Å². The predicted octanol–water partition coefficient (Wildman–Crippen LogP) is -0.0972. The van der Waals surface area contributed by atoms with Crippen LogP contribution in [0.1, 0.15) is 20.3 Å². The Hall–Kier alpha value is -1.10. The zero-order valence-electron chi connectivity index (χ0n) is 9.14. The van der Waals surface area contributed by atoms with Gasteiger partial charge in [0.2, 0.25) is 5.91 Å². The zero-order valence-corrected chi connectivity index (χ0v) is 9.14. The molecule has 1 saturated heterocycles. The number of rotatable bonds is 3. The van der Waals surface area contributed by atoms with Crippen molar-refractivity contribution in [2.45, 2.75) is 26.3 Å². The molecule has 1 aliphatic heterocycles. The molecule has 0 aromatic heterocycles. The van der Waals surface area contributed by atoms with Crippen LogP contribution in [0.5, 0.6) is 0 Å². The lowest BCUT2D eigenvalue weighted by Gasteiger charge is -2.19. The molecule has 1 amide bonds. The number of carboxylic acids is 1. The van der Waals surface area contributed by atoms with Crippen molar-refractivity contribution < 1.29 is 14.7 Å². The third kappa shape index (κ3) is 2.47. The summed E-state index contributed by atoms with van der Waals surface area (Å²) in [6.07, 6.45) is 0.585. The number of carbonyl (C=O) groups is 2. The first-order valence-electron chi connectivity index (χ1n) is 5.24. The van der Waals surface area contributed by atoms with Crippen LogP contribution in [0.3, 0.4) is 0 Å². The van der Waals surface area contributed by atoms with Gasteiger partial charge in [0.25, 0.3) is 0 Å². The lowest BCUT2D eigenvalue weighted by Crippen LogP contribution is -2.42. The van der Waals surface area contributed by atoms with Gasteiger partial charge in [-0.1, -0.05) is 13.8 Å². The summed E-state index contributed by atoms with van der Waals surface area (Å²) in [7, 11) is 0. The molecule has 86 valence electrons. The zero-order chi connectivity index (χ0) is 11.6. The van der Waals surface area contributed by atoms with Gasteiger partial charge in [0.1, 0.15) is 0 Å². The van der Waals surface area contributed by atoms with Crippen molar-refractivity contribution in [2.75, 3.05) is 13.1 Å². The summed E-state index contributed by atoms with van der Waals surface area (Å²) in [4.78, 5) is 24.1. The van der Waals surface area contributed by atoms with E-state index in [0.717, 1.165) is 0 Å². The Morgan fingerprint density at radius 2 is 2.13 bits per heavy atom. The predicted molar refractivity (Wildman–Crippen MR) is 55.1 cm³/mol. The third-order valence-corrected chi connectivity index (χ3v) is 3.00. The molecule has 1 unspecified atom stereocenters. The topological polar surface area (TPSA) is 83.6 Å². The SMILES string of the molecule is CCC(N)C(=O)N1C[C@@H](C)[C@H](C(=O)O)C1. The normalized spacial score (nSPS) is 27.8. The van der Waals surface area contributed by atoms with Gasteiger partial charge in [0.15, 0.2) is 0 Å². The van der Waals surface area contributed by atoms with Crippen molar-refractivity contribution >= 4 is 11.9 Å². The number of likely N-dealkylation sites (tertiary alicyclic amines) is 1. The second kappa shape index (κ2) is 4.61. The van der Waals surface area contributed by atoms with E-state index in [2.05, 4.69) is 0 Å². The number of nitrogens with two attached hydrogens (primary N) is 1. The van der Waals surface area contributed by atoms with E-state index in [0.29, 0.717) is 19.5 Å². The summed E-state index contributed by atoms with van der Waals surface area (Å²) < 4.78 is 0. The number of hydrogen-bond donors (Lipinski definition) is 2. The monoisotopic (exact) mass is 214 g/mol. The van der Waals surface area contributed by atoms with Gasteiger partial charge in [-0.25, -0.2) is 0 Å². The molecule has 0 saturated carbocycles. The second-order valence-corrected chi connectivity index (χ2v) is 4.18. The van der Waals surface area contributed by atoms with Crippen molar-refractivity contribution in [3.05, 3.63) is 0 Å². The Balaban J connectivity index is 2.62. The van der Waals surface area contributed by atoms with E-state index in [1.54, 1.807) is 4.90 Å². The fraction of sp³-hybridized carbons (Fsp3) is 0.800. The van der Waals surface area contributed by atoms with Crippen molar-refractivity contribution in [2.24, 2.45) is 17.6 Å². The smallest absolute Gasteiger partial charge is 0.308 e. The molecule has 3 atom stereocenters. The lowest BCUT2D eigenvalue weighted by molar-refractivity contribution is -0.142. The highest BCUT2D eigenvalue weighted by Crippen LogP contribution is 2.23. The highest BCUT2D eigenvalue weighted by Gasteiger charge is 2.37. The first-order chi connectivity index (χ1) is 6.97. The fourth-order valence-electron chi connectivity index (χ4n) is 1.88. The van der Waals surface area contributed by atoms with E-state index < -0.39 is 17.9 Å². The summed E-state index contributed by atoms with van der Waals surface area (Å²) in [5.41, 5.74) is 5.62. The highest BCUT2D eigenvalue weighted by molar-refractivity contribution is 5.83. The van der Waals surface area contributed by atoms with E-state index in [-0.39, 0.29) is 11.8 Å². The molecule has 15 heavy (non-hydrogen) atoms. The van der Waals surface area contributed by atoms with E-state index in [4.69, 9.17) is 10.8 Å². The minimum absolute atomic E-state index is 0.00973. The molecule has 1 heterocycles. The largest absolute Gasteiger partial charge is 0.481 e. The van der Waals surface area contributed by atoms with Gasteiger partial charge >= 0.3 is 5.97 Å². The maximum Gasteiger partial charge on any atom is 0.308 e. The fourth-order valence-corrected chi connectivity index (χ4v) is 1.88. The van der Waals surface area contributed by atoms with Crippen LogP contribution < -0.4 is 5.73 Å². The minimum Gasteiger partial charge on any atom is -0.481 e. The van der Waals surface area contributed by atoms with Crippen LogP contribution in [0, 0.1) is 11.8 Å². The van der Waals surface area contributed by atoms with Crippen molar-refractivity contribution in [1.82, 2.24) is 4.90 Å². The number of hydrogen-bond acceptors (Lipinski definition) is 3. The first-order valence-corrected chi connectivity index (χ1v) is 5.24. The number of carboxylic acid groups (broad SMARTS) is 1. The van der Waals surface area contributed by atoms with E-state index in [1.165, 1.54) is 0 Å². The Morgan fingerprint density at radius 1 is 1.53 bits per heavy atom. The Morgan fingerprint density at radius 3 is 2.53 bits per heavy atom. The molecule has 1 fully saturated rings. The van der Waals surface area contributed by atoms with Gasteiger partial charge in [0.05, 0.1) is 12.0 Å². The molecule has 0 radical (unpaired) electrons. The average Bonchev–Trinajstić information content (AvgIpc) is 2.58. The molecule has 0 bridgehead atoms. The summed E-state index contributed by atoms with van der Waals surface area (Å²) in [5.74, 6) is -1.40. The molecular weight excluding hydrogens is 196 g/mol. The molecule has 5 heteroatoms. The lowest BCUT2D eigenvalue weighted by atomic mass is 9.99. The standard InChI is InChI=1S/C10H18N2O3/c1-3-8(11)9(13)12-4-6(2)7(5-12)10(14)15/h6-8H,3-5,11H2,1-2H3,(H,14,15)/t6-,7-,8?/m1/s1. The number of nitrogens with zero attached hydrogens (tertiary/aromatic N) is 1. The Labute approximate surface area is 89.2 Å². The van der Waals surface area contributed by atoms with Gasteiger partial charge in [-0.05, 0) is 12.3 Å². The van der Waals surface area contributed by atoms with Crippen LogP contribution in [0.2, 0.25) is 0 Å². The Kier molecular flexibility index (Phi) is 3.68. The molecule has 0 aliphatic carbocycles. The molecule has 5 nitrogen and oxygen atoms in total. The molecule has 0 spiro atoms. The highest BCUT2D eigenvalue weighted by atomic mass is 16.4. The van der Waals surface area contributed by atoms with Crippen LogP contribution >= 0.6 is 0 Å². The molecule has 0 aromatic carbocycles. The molecule has 1 aliphatic rings. The Bertz CT molecular complexity index is 267. The van der Waals surface area contributed by atoms with Crippen molar-refractivity contribution in [1.29, 1.82) is 0 Å². The van der Waals surface area contributed by atoms with E-state index in [1.807, 2.05) is 13.8 Å². The molecule has 1 rings (SSSR count). The maximum absolute atomic E-state index is 11.7. The first kappa shape index (κ1) is 12.0. The second-order valence-electron chi connectivity index (χ2n) is 4.18. The van der Waals surface area contributed by atoms with Crippen LogP contribution in [0.4, 0.5) is 0 Å². The van der Waals surface area contributed by atoms with Crippen LogP contribution in [-0.4, -0.2) is 41.0 Å². The summed E-state index contributed by atoms with van der Waals surface area (Å²) in [6, 6.07) is -0.496. The van der Waals surface area contributed by atoms with Gasteiger partial charge in [-0.15, -0.1) is 0 Å². The summed E-state index contributed by atoms with van der Waals surface area (Å²) in [6.45, 7) is 4.49. The van der Waals surface area contributed by atoms with E-state index in [9.17, 15) is 9.59 Å². The van der Waals surface area contributed by atoms with Gasteiger partial charge < -0.3 is 15.7 Å². The van der Waals surface area contributed by atoms with Crippen LogP contribution in [-0.2, 0) is 9.59 Å². The van der Waals surface area contributed by atoms with Crippen molar-refractivity contribution in [3.63, 3.8) is 0 Å². The molecule has 0 aromatic rings. The number of aliphatic carboxylic acids is 1.